The van der Waals surface area contributed by atoms with Gasteiger partial charge in [0.05, 0.1) is 10.9 Å². The molecule has 4 rings (SSSR count). The molecule has 0 bridgehead atoms. The Balaban J connectivity index is 1.63. The molecule has 9 heteroatoms. The number of benzene rings is 3. The predicted octanol–water partition coefficient (Wildman–Crippen LogP) is 6.77. The van der Waals surface area contributed by atoms with E-state index in [1.807, 2.05) is 26.0 Å². The Morgan fingerprint density at radius 1 is 1.03 bits per heavy atom. The lowest BCUT2D eigenvalue weighted by Crippen LogP contribution is -2.20. The number of alkyl halides is 3. The fourth-order valence-corrected chi connectivity index (χ4v) is 3.76. The number of ether oxygens (including phenoxy) is 1. The molecule has 0 radical (unpaired) electrons. The molecule has 1 amide bonds. The summed E-state index contributed by atoms with van der Waals surface area (Å²) < 4.78 is 52.0. The van der Waals surface area contributed by atoms with Gasteiger partial charge in [-0.2, -0.15) is 13.2 Å². The lowest BCUT2D eigenvalue weighted by atomic mass is 10.0. The summed E-state index contributed by atoms with van der Waals surface area (Å²) in [7, 11) is 0. The molecule has 0 atom stereocenters. The second-order valence-corrected chi connectivity index (χ2v) is 8.39. The Kier molecular flexibility index (Phi) is 6.58. The molecular weight excluding hydrogens is 483 g/mol. The molecule has 1 N–H and O–H groups in total. The molecule has 4 aromatic rings. The maximum Gasteiger partial charge on any atom is 0.450 e. The van der Waals surface area contributed by atoms with Crippen LogP contribution in [0.5, 0.6) is 5.75 Å². The maximum absolute atomic E-state index is 13.8. The molecule has 0 unspecified atom stereocenters. The minimum atomic E-state index is -4.93. The minimum Gasteiger partial charge on any atom is -0.484 e. The number of carbonyl (C=O) groups is 1. The van der Waals surface area contributed by atoms with Crippen molar-refractivity contribution in [3.8, 4) is 16.9 Å². The van der Waals surface area contributed by atoms with Crippen molar-refractivity contribution in [3.05, 3.63) is 92.8 Å². The Morgan fingerprint density at radius 2 is 1.74 bits per heavy atom. The largest absolute Gasteiger partial charge is 0.484 e. The van der Waals surface area contributed by atoms with Crippen molar-refractivity contribution in [1.29, 1.82) is 0 Å². The number of rotatable bonds is 5. The minimum absolute atomic E-state index is 0.0285. The molecule has 35 heavy (non-hydrogen) atoms. The highest BCUT2D eigenvalue weighted by Gasteiger charge is 2.39. The molecule has 0 fully saturated rings. The quantitative estimate of drug-likeness (QED) is 0.328. The van der Waals surface area contributed by atoms with E-state index in [4.69, 9.17) is 20.8 Å². The van der Waals surface area contributed by atoms with Crippen molar-refractivity contribution < 1.29 is 27.1 Å². The summed E-state index contributed by atoms with van der Waals surface area (Å²) >= 11 is 5.83. The number of carbonyl (C=O) groups excluding carboxylic acids is 1. The molecule has 3 aromatic carbocycles. The number of halogens is 4. The predicted molar refractivity (Wildman–Crippen MR) is 128 cm³/mol. The molecule has 1 heterocycles. The average Bonchev–Trinajstić information content (AvgIpc) is 2.79. The van der Waals surface area contributed by atoms with Gasteiger partial charge in [-0.25, -0.2) is 0 Å². The fourth-order valence-electron chi connectivity index (χ4n) is 3.63. The van der Waals surface area contributed by atoms with E-state index in [0.29, 0.717) is 10.7 Å². The van der Waals surface area contributed by atoms with Crippen LogP contribution in [0.3, 0.4) is 0 Å². The van der Waals surface area contributed by atoms with Gasteiger partial charge in [0, 0.05) is 16.8 Å². The first-order valence-electron chi connectivity index (χ1n) is 10.5. The van der Waals surface area contributed by atoms with Crippen LogP contribution in [0, 0.1) is 13.8 Å². The van der Waals surface area contributed by atoms with Crippen LogP contribution in [0.25, 0.3) is 22.1 Å². The standard InChI is InChI=1S/C26H19ClF3NO4/c1-14-3-10-20(15(2)11-14)31-22(32)13-34-18-8-9-19-21(12-18)35-25(26(28,29)30)23(24(19)33)16-4-6-17(27)7-5-16/h3-12H,13H2,1-2H3,(H,31,32). The van der Waals surface area contributed by atoms with Crippen molar-refractivity contribution in [1.82, 2.24) is 0 Å². The second-order valence-electron chi connectivity index (χ2n) is 7.95. The highest BCUT2D eigenvalue weighted by atomic mass is 35.5. The van der Waals surface area contributed by atoms with Gasteiger partial charge in [0.1, 0.15) is 11.3 Å². The molecule has 0 saturated carbocycles. The van der Waals surface area contributed by atoms with Crippen LogP contribution < -0.4 is 15.5 Å². The van der Waals surface area contributed by atoms with Gasteiger partial charge in [0.2, 0.25) is 11.2 Å². The Labute approximate surface area is 203 Å². The molecule has 0 aliphatic heterocycles. The lowest BCUT2D eigenvalue weighted by Gasteiger charge is -2.14. The van der Waals surface area contributed by atoms with E-state index < -0.39 is 35.4 Å². The zero-order valence-electron chi connectivity index (χ0n) is 18.6. The zero-order chi connectivity index (χ0) is 25.3. The van der Waals surface area contributed by atoms with E-state index in [9.17, 15) is 22.8 Å². The summed E-state index contributed by atoms with van der Waals surface area (Å²) in [6.45, 7) is 3.39. The molecule has 0 spiro atoms. The first-order valence-corrected chi connectivity index (χ1v) is 10.8. The number of anilines is 1. The van der Waals surface area contributed by atoms with E-state index >= 15 is 0 Å². The molecule has 1 aromatic heterocycles. The van der Waals surface area contributed by atoms with E-state index in [2.05, 4.69) is 5.32 Å². The number of hydrogen-bond donors (Lipinski definition) is 1. The maximum atomic E-state index is 13.8. The van der Waals surface area contributed by atoms with Gasteiger partial charge in [0.15, 0.2) is 6.61 Å². The van der Waals surface area contributed by atoms with Crippen LogP contribution in [0.4, 0.5) is 18.9 Å². The summed E-state index contributed by atoms with van der Waals surface area (Å²) in [5.41, 5.74) is 0.809. The number of hydrogen-bond acceptors (Lipinski definition) is 4. The summed E-state index contributed by atoms with van der Waals surface area (Å²) in [6, 6.07) is 14.8. The van der Waals surface area contributed by atoms with Crippen LogP contribution in [-0.4, -0.2) is 12.5 Å². The Bertz CT molecular complexity index is 1480. The molecule has 0 saturated heterocycles. The topological polar surface area (TPSA) is 68.5 Å². The number of amides is 1. The Morgan fingerprint density at radius 3 is 2.40 bits per heavy atom. The fraction of sp³-hybridized carbons (Fsp3) is 0.154. The number of fused-ring (bicyclic) bond motifs is 1. The van der Waals surface area contributed by atoms with Crippen LogP contribution in [0.2, 0.25) is 5.02 Å². The Hall–Kier alpha value is -3.78. The summed E-state index contributed by atoms with van der Waals surface area (Å²) in [5.74, 6) is -1.81. The van der Waals surface area contributed by atoms with Crippen LogP contribution in [0.15, 0.2) is 69.9 Å². The van der Waals surface area contributed by atoms with E-state index in [-0.39, 0.29) is 22.3 Å². The molecule has 0 aliphatic carbocycles. The number of aryl methyl sites for hydroxylation is 2. The smallest absolute Gasteiger partial charge is 0.450 e. The van der Waals surface area contributed by atoms with Crippen molar-refractivity contribution >= 4 is 34.2 Å². The van der Waals surface area contributed by atoms with Crippen LogP contribution in [0.1, 0.15) is 16.9 Å². The van der Waals surface area contributed by atoms with E-state index in [1.54, 1.807) is 6.07 Å². The van der Waals surface area contributed by atoms with Crippen LogP contribution >= 0.6 is 11.6 Å². The second kappa shape index (κ2) is 9.46. The summed E-state index contributed by atoms with van der Waals surface area (Å²) in [5, 5.41) is 2.97. The molecule has 5 nitrogen and oxygen atoms in total. The average molecular weight is 502 g/mol. The van der Waals surface area contributed by atoms with Gasteiger partial charge in [-0.3, -0.25) is 9.59 Å². The van der Waals surface area contributed by atoms with E-state index in [0.717, 1.165) is 17.2 Å². The van der Waals surface area contributed by atoms with Gasteiger partial charge in [-0.05, 0) is 55.3 Å². The highest BCUT2D eigenvalue weighted by Crippen LogP contribution is 2.38. The summed E-state index contributed by atoms with van der Waals surface area (Å²) in [6.07, 6.45) is -4.93. The third-order valence-corrected chi connectivity index (χ3v) is 5.53. The van der Waals surface area contributed by atoms with Crippen molar-refractivity contribution in [2.24, 2.45) is 0 Å². The number of nitrogens with one attached hydrogen (secondary N) is 1. The van der Waals surface area contributed by atoms with Gasteiger partial charge < -0.3 is 14.5 Å². The van der Waals surface area contributed by atoms with Crippen molar-refractivity contribution in [2.75, 3.05) is 11.9 Å². The normalized spacial score (nSPS) is 11.5. The van der Waals surface area contributed by atoms with Gasteiger partial charge in [0.25, 0.3) is 5.91 Å². The SMILES string of the molecule is Cc1ccc(NC(=O)COc2ccc3c(=O)c(-c4ccc(Cl)cc4)c(C(F)(F)F)oc3c2)c(C)c1. The van der Waals surface area contributed by atoms with Gasteiger partial charge in [-0.1, -0.05) is 41.4 Å². The third kappa shape index (κ3) is 5.33. The third-order valence-electron chi connectivity index (χ3n) is 5.28. The monoisotopic (exact) mass is 501 g/mol. The lowest BCUT2D eigenvalue weighted by molar-refractivity contribution is -0.152. The van der Waals surface area contributed by atoms with Gasteiger partial charge >= 0.3 is 6.18 Å². The first kappa shape index (κ1) is 24.3. The first-order chi connectivity index (χ1) is 16.5. The molecule has 0 aliphatic rings. The van der Waals surface area contributed by atoms with Crippen molar-refractivity contribution in [2.45, 2.75) is 20.0 Å². The molecule has 180 valence electrons. The highest BCUT2D eigenvalue weighted by molar-refractivity contribution is 6.30. The van der Waals surface area contributed by atoms with E-state index in [1.165, 1.54) is 36.4 Å². The summed E-state index contributed by atoms with van der Waals surface area (Å²) in [4.78, 5) is 25.3. The molecular formula is C26H19ClF3NO4. The zero-order valence-corrected chi connectivity index (χ0v) is 19.4. The van der Waals surface area contributed by atoms with Gasteiger partial charge in [-0.15, -0.1) is 0 Å². The van der Waals surface area contributed by atoms with Crippen molar-refractivity contribution in [3.63, 3.8) is 0 Å². The van der Waals surface area contributed by atoms with Crippen LogP contribution in [-0.2, 0) is 11.0 Å².